The Bertz CT molecular complexity index is 689. The van der Waals surface area contributed by atoms with Gasteiger partial charge in [-0.25, -0.2) is 0 Å². The van der Waals surface area contributed by atoms with E-state index in [-0.39, 0.29) is 24.2 Å². The largest absolute Gasteiger partial charge is 0.416 e. The van der Waals surface area contributed by atoms with Crippen molar-refractivity contribution in [1.82, 2.24) is 9.88 Å². The molecule has 0 aliphatic heterocycles. The molecule has 24 heavy (non-hydrogen) atoms. The van der Waals surface area contributed by atoms with Gasteiger partial charge in [0.05, 0.1) is 18.2 Å². The zero-order chi connectivity index (χ0) is 17.7. The molecule has 1 atom stereocenters. The summed E-state index contributed by atoms with van der Waals surface area (Å²) in [6.45, 7) is 1.77. The number of pyridine rings is 1. The van der Waals surface area contributed by atoms with Crippen LogP contribution in [0.3, 0.4) is 0 Å². The van der Waals surface area contributed by atoms with Crippen LogP contribution in [0.5, 0.6) is 0 Å². The van der Waals surface area contributed by atoms with Gasteiger partial charge in [-0.05, 0) is 36.8 Å². The third-order valence-corrected chi connectivity index (χ3v) is 3.77. The smallest absolute Gasteiger partial charge is 0.376 e. The summed E-state index contributed by atoms with van der Waals surface area (Å²) in [5, 5.41) is 2.74. The summed E-state index contributed by atoms with van der Waals surface area (Å²) >= 11 is 0. The molecule has 0 saturated carbocycles. The molecule has 1 amide bonds. The molecule has 0 saturated heterocycles. The second kappa shape index (κ2) is 7.33. The molecule has 0 unspecified atom stereocenters. The molecule has 0 aliphatic carbocycles. The summed E-state index contributed by atoms with van der Waals surface area (Å²) in [5.74, 6) is -0.233. The fraction of sp³-hybridized carbons (Fsp3) is 0.294. The number of rotatable bonds is 5. The molecule has 2 rings (SSSR count). The molecule has 0 radical (unpaired) electrons. The summed E-state index contributed by atoms with van der Waals surface area (Å²) in [4.78, 5) is 17.8. The normalized spacial score (nSPS) is 12.5. The van der Waals surface area contributed by atoms with E-state index in [2.05, 4.69) is 10.3 Å². The lowest BCUT2D eigenvalue weighted by atomic mass is 10.1. The van der Waals surface area contributed by atoms with Crippen molar-refractivity contribution in [3.8, 4) is 0 Å². The monoisotopic (exact) mass is 337 g/mol. The number of hydrogen-bond donors (Lipinski definition) is 1. The molecule has 1 N–H and O–H groups in total. The van der Waals surface area contributed by atoms with E-state index in [1.165, 1.54) is 17.0 Å². The number of alkyl halides is 3. The number of anilines is 1. The maximum Gasteiger partial charge on any atom is 0.416 e. The van der Waals surface area contributed by atoms with E-state index in [0.717, 1.165) is 17.7 Å². The molecule has 1 heterocycles. The third-order valence-electron chi connectivity index (χ3n) is 3.77. The maximum atomic E-state index is 12.7. The van der Waals surface area contributed by atoms with Crippen molar-refractivity contribution < 1.29 is 18.0 Å². The molecular weight excluding hydrogens is 319 g/mol. The minimum absolute atomic E-state index is 0.0948. The van der Waals surface area contributed by atoms with Gasteiger partial charge in [0.2, 0.25) is 5.91 Å². The van der Waals surface area contributed by atoms with Crippen molar-refractivity contribution in [3.63, 3.8) is 0 Å². The van der Waals surface area contributed by atoms with Crippen molar-refractivity contribution in [3.05, 3.63) is 59.9 Å². The summed E-state index contributed by atoms with van der Waals surface area (Å²) in [7, 11) is 1.65. The molecular formula is C17H18F3N3O. The first kappa shape index (κ1) is 17.8. The molecule has 1 aromatic carbocycles. The second-order valence-corrected chi connectivity index (χ2v) is 5.40. The van der Waals surface area contributed by atoms with Crippen molar-refractivity contribution in [2.45, 2.75) is 19.1 Å². The highest BCUT2D eigenvalue weighted by Crippen LogP contribution is 2.30. The first-order valence-electron chi connectivity index (χ1n) is 7.36. The van der Waals surface area contributed by atoms with E-state index >= 15 is 0 Å². The van der Waals surface area contributed by atoms with Gasteiger partial charge in [0.25, 0.3) is 0 Å². The van der Waals surface area contributed by atoms with E-state index in [0.29, 0.717) is 0 Å². The van der Waals surface area contributed by atoms with E-state index < -0.39 is 11.7 Å². The predicted octanol–water partition coefficient (Wildman–Crippen LogP) is 3.73. The Morgan fingerprint density at radius 1 is 1.29 bits per heavy atom. The highest BCUT2D eigenvalue weighted by Gasteiger charge is 2.30. The van der Waals surface area contributed by atoms with Gasteiger partial charge in [-0.2, -0.15) is 13.2 Å². The standard InChI is InChI=1S/C17H18F3N3O/c1-12(13-5-4-8-21-10-13)23(2)16(24)11-22-15-7-3-6-14(9-15)17(18,19)20/h3-10,12,22H,11H2,1-2H3/t12-/m1/s1. The van der Waals surface area contributed by atoms with E-state index in [1.54, 1.807) is 25.5 Å². The number of halogens is 3. The molecule has 2 aromatic rings. The lowest BCUT2D eigenvalue weighted by Crippen LogP contribution is -2.34. The van der Waals surface area contributed by atoms with E-state index in [1.807, 2.05) is 13.0 Å². The Kier molecular flexibility index (Phi) is 5.43. The number of likely N-dealkylation sites (N-methyl/N-ethyl adjacent to an activating group) is 1. The number of nitrogens with one attached hydrogen (secondary N) is 1. The van der Waals surface area contributed by atoms with Crippen LogP contribution in [0.2, 0.25) is 0 Å². The van der Waals surface area contributed by atoms with Crippen LogP contribution < -0.4 is 5.32 Å². The van der Waals surface area contributed by atoms with Crippen LogP contribution in [0.25, 0.3) is 0 Å². The topological polar surface area (TPSA) is 45.2 Å². The quantitative estimate of drug-likeness (QED) is 0.904. The highest BCUT2D eigenvalue weighted by molar-refractivity contribution is 5.81. The van der Waals surface area contributed by atoms with Gasteiger partial charge in [-0.1, -0.05) is 12.1 Å². The minimum Gasteiger partial charge on any atom is -0.376 e. The van der Waals surface area contributed by atoms with Crippen LogP contribution in [-0.2, 0) is 11.0 Å². The van der Waals surface area contributed by atoms with Gasteiger partial charge in [0.15, 0.2) is 0 Å². The average Bonchev–Trinajstić information content (AvgIpc) is 2.58. The fourth-order valence-corrected chi connectivity index (χ4v) is 2.17. The number of carbonyl (C=O) groups is 1. The Labute approximate surface area is 138 Å². The highest BCUT2D eigenvalue weighted by atomic mass is 19.4. The fourth-order valence-electron chi connectivity index (χ4n) is 2.17. The number of amides is 1. The van der Waals surface area contributed by atoms with Crippen LogP contribution in [-0.4, -0.2) is 29.4 Å². The molecule has 7 heteroatoms. The number of nitrogens with zero attached hydrogens (tertiary/aromatic N) is 2. The molecule has 0 aliphatic rings. The summed E-state index contributed by atoms with van der Waals surface area (Å²) in [6.07, 6.45) is -1.09. The molecule has 0 spiro atoms. The lowest BCUT2D eigenvalue weighted by molar-refractivity contribution is -0.137. The van der Waals surface area contributed by atoms with Gasteiger partial charge in [-0.15, -0.1) is 0 Å². The maximum absolute atomic E-state index is 12.7. The van der Waals surface area contributed by atoms with Crippen LogP contribution in [0.15, 0.2) is 48.8 Å². The number of hydrogen-bond acceptors (Lipinski definition) is 3. The molecule has 0 fully saturated rings. The van der Waals surface area contributed by atoms with Gasteiger partial charge in [-0.3, -0.25) is 9.78 Å². The third kappa shape index (κ3) is 4.47. The molecule has 128 valence electrons. The Morgan fingerprint density at radius 2 is 2.04 bits per heavy atom. The number of carbonyl (C=O) groups excluding carboxylic acids is 1. The molecule has 4 nitrogen and oxygen atoms in total. The number of aromatic nitrogens is 1. The summed E-state index contributed by atoms with van der Waals surface area (Å²) in [6, 6.07) is 8.23. The summed E-state index contributed by atoms with van der Waals surface area (Å²) < 4.78 is 38.0. The van der Waals surface area contributed by atoms with Gasteiger partial charge >= 0.3 is 6.18 Å². The van der Waals surface area contributed by atoms with Crippen LogP contribution in [0, 0.1) is 0 Å². The molecule has 1 aromatic heterocycles. The Hall–Kier alpha value is -2.57. The first-order chi connectivity index (χ1) is 11.3. The zero-order valence-electron chi connectivity index (χ0n) is 13.3. The van der Waals surface area contributed by atoms with Gasteiger partial charge in [0.1, 0.15) is 0 Å². The van der Waals surface area contributed by atoms with Crippen LogP contribution in [0.4, 0.5) is 18.9 Å². The zero-order valence-corrected chi connectivity index (χ0v) is 13.3. The van der Waals surface area contributed by atoms with Crippen LogP contribution >= 0.6 is 0 Å². The minimum atomic E-state index is -4.41. The van der Waals surface area contributed by atoms with Crippen molar-refractivity contribution >= 4 is 11.6 Å². The van der Waals surface area contributed by atoms with Crippen LogP contribution in [0.1, 0.15) is 24.1 Å². The van der Waals surface area contributed by atoms with Crippen molar-refractivity contribution in [1.29, 1.82) is 0 Å². The first-order valence-corrected chi connectivity index (χ1v) is 7.36. The SMILES string of the molecule is C[C@H](c1cccnc1)N(C)C(=O)CNc1cccc(C(F)(F)F)c1. The molecule has 0 bridgehead atoms. The Morgan fingerprint density at radius 3 is 2.67 bits per heavy atom. The van der Waals surface area contributed by atoms with Gasteiger partial charge < -0.3 is 10.2 Å². The number of benzene rings is 1. The predicted molar refractivity (Wildman–Crippen MR) is 85.4 cm³/mol. The van der Waals surface area contributed by atoms with E-state index in [9.17, 15) is 18.0 Å². The Balaban J connectivity index is 1.98. The van der Waals surface area contributed by atoms with Gasteiger partial charge in [0, 0.05) is 25.1 Å². The van der Waals surface area contributed by atoms with Crippen molar-refractivity contribution in [2.24, 2.45) is 0 Å². The summed E-state index contributed by atoms with van der Waals surface area (Å²) in [5.41, 5.74) is 0.380. The lowest BCUT2D eigenvalue weighted by Gasteiger charge is -2.25. The second-order valence-electron chi connectivity index (χ2n) is 5.40. The van der Waals surface area contributed by atoms with E-state index in [4.69, 9.17) is 0 Å². The average molecular weight is 337 g/mol. The van der Waals surface area contributed by atoms with Crippen molar-refractivity contribution in [2.75, 3.05) is 18.9 Å².